The molecule has 0 saturated carbocycles. The zero-order chi connectivity index (χ0) is 11.7. The highest BCUT2D eigenvalue weighted by Gasteiger charge is 2.21. The van der Waals surface area contributed by atoms with Gasteiger partial charge in [0, 0.05) is 10.6 Å². The SMILES string of the molecule is Cc1sc(=S)n(C(C)C(=O)O)c1C(C)C. The number of carbonyl (C=O) groups is 1. The molecule has 0 spiro atoms. The Morgan fingerprint density at radius 2 is 2.00 bits per heavy atom. The Hall–Kier alpha value is -0.680. The van der Waals surface area contributed by atoms with Crippen molar-refractivity contribution in [3.8, 4) is 0 Å². The van der Waals surface area contributed by atoms with Gasteiger partial charge in [0.1, 0.15) is 6.04 Å². The molecule has 1 atom stereocenters. The van der Waals surface area contributed by atoms with Crippen LogP contribution in [0.1, 0.15) is 43.3 Å². The summed E-state index contributed by atoms with van der Waals surface area (Å²) in [6.07, 6.45) is 0. The molecule has 5 heteroatoms. The highest BCUT2D eigenvalue weighted by molar-refractivity contribution is 7.73. The third kappa shape index (κ3) is 2.29. The van der Waals surface area contributed by atoms with Crippen molar-refractivity contribution in [2.24, 2.45) is 0 Å². The minimum atomic E-state index is -0.842. The average molecular weight is 245 g/mol. The Bertz CT molecular complexity index is 431. The van der Waals surface area contributed by atoms with Gasteiger partial charge in [-0.25, -0.2) is 4.79 Å². The molecule has 15 heavy (non-hydrogen) atoms. The van der Waals surface area contributed by atoms with Crippen LogP contribution in [0.3, 0.4) is 0 Å². The van der Waals surface area contributed by atoms with Gasteiger partial charge in [0.25, 0.3) is 0 Å². The lowest BCUT2D eigenvalue weighted by atomic mass is 10.1. The van der Waals surface area contributed by atoms with Crippen molar-refractivity contribution in [2.75, 3.05) is 0 Å². The number of thiazole rings is 1. The van der Waals surface area contributed by atoms with E-state index < -0.39 is 12.0 Å². The molecule has 1 rings (SSSR count). The van der Waals surface area contributed by atoms with E-state index in [1.807, 2.05) is 6.92 Å². The van der Waals surface area contributed by atoms with Gasteiger partial charge in [-0.3, -0.25) is 0 Å². The summed E-state index contributed by atoms with van der Waals surface area (Å²) in [6.45, 7) is 7.75. The average Bonchev–Trinajstić information content (AvgIpc) is 2.39. The predicted octanol–water partition coefficient (Wildman–Crippen LogP) is 3.36. The van der Waals surface area contributed by atoms with Crippen LogP contribution in [-0.4, -0.2) is 15.6 Å². The summed E-state index contributed by atoms with van der Waals surface area (Å²) in [6, 6.07) is -0.583. The molecule has 1 heterocycles. The number of aryl methyl sites for hydroxylation is 1. The fourth-order valence-corrected chi connectivity index (χ4v) is 3.35. The molecule has 0 radical (unpaired) electrons. The number of hydrogen-bond acceptors (Lipinski definition) is 3. The van der Waals surface area contributed by atoms with Gasteiger partial charge in [-0.2, -0.15) is 0 Å². The number of carboxylic acids is 1. The van der Waals surface area contributed by atoms with Gasteiger partial charge in [-0.15, -0.1) is 11.3 Å². The molecule has 0 aliphatic heterocycles. The van der Waals surface area contributed by atoms with Crippen LogP contribution in [0.4, 0.5) is 0 Å². The molecule has 1 aromatic rings. The lowest BCUT2D eigenvalue weighted by Gasteiger charge is -2.15. The standard InChI is InChI=1S/C10H15NO2S2/c1-5(2)8-7(4)15-10(14)11(8)6(3)9(12)13/h5-6H,1-4H3,(H,12,13). The monoisotopic (exact) mass is 245 g/mol. The molecule has 0 bridgehead atoms. The maximum atomic E-state index is 11.0. The normalized spacial score (nSPS) is 13.1. The summed E-state index contributed by atoms with van der Waals surface area (Å²) >= 11 is 6.68. The van der Waals surface area contributed by atoms with Crippen molar-refractivity contribution in [1.82, 2.24) is 4.57 Å². The molecular formula is C10H15NO2S2. The Morgan fingerprint density at radius 1 is 1.47 bits per heavy atom. The topological polar surface area (TPSA) is 42.2 Å². The molecule has 1 aromatic heterocycles. The van der Waals surface area contributed by atoms with Crippen LogP contribution in [0, 0.1) is 10.9 Å². The van der Waals surface area contributed by atoms with E-state index in [9.17, 15) is 4.79 Å². The van der Waals surface area contributed by atoms with Crippen LogP contribution in [0.15, 0.2) is 0 Å². The highest BCUT2D eigenvalue weighted by Crippen LogP contribution is 2.28. The van der Waals surface area contributed by atoms with Gasteiger partial charge in [0.2, 0.25) is 0 Å². The minimum absolute atomic E-state index is 0.291. The first-order valence-corrected chi connectivity index (χ1v) is 6.03. The second-order valence-electron chi connectivity index (χ2n) is 3.85. The Kier molecular flexibility index (Phi) is 3.67. The van der Waals surface area contributed by atoms with Crippen molar-refractivity contribution in [3.05, 3.63) is 14.5 Å². The molecule has 1 unspecified atom stereocenters. The maximum Gasteiger partial charge on any atom is 0.326 e. The van der Waals surface area contributed by atoms with Gasteiger partial charge in [0.15, 0.2) is 3.95 Å². The number of hydrogen-bond donors (Lipinski definition) is 1. The second kappa shape index (κ2) is 4.45. The minimum Gasteiger partial charge on any atom is -0.480 e. The van der Waals surface area contributed by atoms with Gasteiger partial charge in [-0.05, 0) is 32.0 Å². The highest BCUT2D eigenvalue weighted by atomic mass is 32.1. The lowest BCUT2D eigenvalue weighted by Crippen LogP contribution is -2.18. The van der Waals surface area contributed by atoms with Crippen molar-refractivity contribution < 1.29 is 9.90 Å². The molecular weight excluding hydrogens is 230 g/mol. The number of rotatable bonds is 3. The molecule has 84 valence electrons. The summed E-state index contributed by atoms with van der Waals surface area (Å²) < 4.78 is 2.40. The van der Waals surface area contributed by atoms with Crippen LogP contribution in [0.25, 0.3) is 0 Å². The fourth-order valence-electron chi connectivity index (χ4n) is 1.66. The lowest BCUT2D eigenvalue weighted by molar-refractivity contribution is -0.140. The van der Waals surface area contributed by atoms with E-state index in [2.05, 4.69) is 13.8 Å². The third-order valence-corrected chi connectivity index (χ3v) is 3.68. The maximum absolute atomic E-state index is 11.0. The number of aromatic nitrogens is 1. The first kappa shape index (κ1) is 12.4. The van der Waals surface area contributed by atoms with Crippen LogP contribution < -0.4 is 0 Å². The first-order chi connectivity index (χ1) is 6.86. The van der Waals surface area contributed by atoms with Gasteiger partial charge >= 0.3 is 5.97 Å². The van der Waals surface area contributed by atoms with Crippen molar-refractivity contribution in [3.63, 3.8) is 0 Å². The van der Waals surface area contributed by atoms with E-state index in [-0.39, 0.29) is 0 Å². The van der Waals surface area contributed by atoms with Crippen LogP contribution >= 0.6 is 23.6 Å². The van der Waals surface area contributed by atoms with Crippen molar-refractivity contribution >= 4 is 29.5 Å². The molecule has 0 saturated heterocycles. The zero-order valence-corrected chi connectivity index (χ0v) is 10.9. The summed E-state index contributed by atoms with van der Waals surface area (Å²) in [5.41, 5.74) is 1.04. The van der Waals surface area contributed by atoms with E-state index >= 15 is 0 Å². The van der Waals surface area contributed by atoms with Gasteiger partial charge < -0.3 is 9.67 Å². The molecule has 0 aromatic carbocycles. The third-order valence-electron chi connectivity index (χ3n) is 2.35. The van der Waals surface area contributed by atoms with E-state index in [1.165, 1.54) is 11.3 Å². The van der Waals surface area contributed by atoms with Gasteiger partial charge in [-0.1, -0.05) is 13.8 Å². The van der Waals surface area contributed by atoms with Crippen LogP contribution in [0.5, 0.6) is 0 Å². The Morgan fingerprint density at radius 3 is 2.40 bits per heavy atom. The van der Waals surface area contributed by atoms with E-state index in [1.54, 1.807) is 11.5 Å². The second-order valence-corrected chi connectivity index (χ2v) is 5.70. The molecule has 3 nitrogen and oxygen atoms in total. The van der Waals surface area contributed by atoms with Crippen molar-refractivity contribution in [1.29, 1.82) is 0 Å². The largest absolute Gasteiger partial charge is 0.480 e. The van der Waals surface area contributed by atoms with Crippen molar-refractivity contribution in [2.45, 2.75) is 39.7 Å². The molecule has 1 N–H and O–H groups in total. The van der Waals surface area contributed by atoms with E-state index in [0.29, 0.717) is 9.87 Å². The Labute approximate surface area is 98.4 Å². The predicted molar refractivity (Wildman–Crippen MR) is 64.3 cm³/mol. The number of aliphatic carboxylic acids is 1. The molecule has 0 amide bonds. The van der Waals surface area contributed by atoms with Crippen LogP contribution in [0.2, 0.25) is 0 Å². The molecule has 0 fully saturated rings. The summed E-state index contributed by atoms with van der Waals surface area (Å²) in [5, 5.41) is 9.01. The smallest absolute Gasteiger partial charge is 0.326 e. The summed E-state index contributed by atoms with van der Waals surface area (Å²) in [4.78, 5) is 12.1. The van der Waals surface area contributed by atoms with Crippen LogP contribution in [-0.2, 0) is 4.79 Å². The number of carboxylic acid groups (broad SMARTS) is 1. The van der Waals surface area contributed by atoms with Gasteiger partial charge in [0.05, 0.1) is 0 Å². The number of nitrogens with zero attached hydrogens (tertiary/aromatic N) is 1. The fraction of sp³-hybridized carbons (Fsp3) is 0.600. The quantitative estimate of drug-likeness (QED) is 0.830. The van der Waals surface area contributed by atoms with E-state index in [4.69, 9.17) is 17.3 Å². The zero-order valence-electron chi connectivity index (χ0n) is 9.27. The molecule has 0 aliphatic rings. The van der Waals surface area contributed by atoms with E-state index in [0.717, 1.165) is 10.6 Å². The summed E-state index contributed by atoms with van der Waals surface area (Å²) in [7, 11) is 0. The first-order valence-electron chi connectivity index (χ1n) is 4.80. The summed E-state index contributed by atoms with van der Waals surface area (Å²) in [5.74, 6) is -0.550. The Balaban J connectivity index is 3.39. The molecule has 0 aliphatic carbocycles.